The molecule has 0 aliphatic carbocycles. The van der Waals surface area contributed by atoms with Gasteiger partial charge < -0.3 is 4.90 Å². The molecule has 0 saturated carbocycles. The average molecular weight is 401 g/mol. The van der Waals surface area contributed by atoms with E-state index in [0.717, 1.165) is 8.95 Å². The van der Waals surface area contributed by atoms with Gasteiger partial charge in [0.15, 0.2) is 0 Å². The van der Waals surface area contributed by atoms with Crippen LogP contribution in [0.2, 0.25) is 0 Å². The van der Waals surface area contributed by atoms with Gasteiger partial charge in [0.05, 0.1) is 5.56 Å². The first-order chi connectivity index (χ1) is 9.52. The third-order valence-corrected chi connectivity index (χ3v) is 4.01. The van der Waals surface area contributed by atoms with Crippen LogP contribution in [0, 0.1) is 5.82 Å². The van der Waals surface area contributed by atoms with Crippen molar-refractivity contribution in [3.05, 3.63) is 62.8 Å². The zero-order valence-corrected chi connectivity index (χ0v) is 13.9. The summed E-state index contributed by atoms with van der Waals surface area (Å²) in [6.07, 6.45) is 0. The lowest BCUT2D eigenvalue weighted by Gasteiger charge is -2.21. The summed E-state index contributed by atoms with van der Waals surface area (Å²) < 4.78 is 14.6. The summed E-state index contributed by atoms with van der Waals surface area (Å²) in [6, 6.07) is 11.3. The van der Waals surface area contributed by atoms with Crippen molar-refractivity contribution in [1.29, 1.82) is 0 Å². The van der Waals surface area contributed by atoms with Gasteiger partial charge in [0, 0.05) is 21.2 Å². The van der Waals surface area contributed by atoms with Crippen molar-refractivity contribution in [2.45, 2.75) is 6.92 Å². The normalized spacial score (nSPS) is 10.4. The number of hydrogen-bond donors (Lipinski definition) is 0. The predicted molar refractivity (Wildman–Crippen MR) is 85.6 cm³/mol. The number of amides is 1. The van der Waals surface area contributed by atoms with Crippen LogP contribution < -0.4 is 4.90 Å². The molecule has 0 spiro atoms. The fourth-order valence-electron chi connectivity index (χ4n) is 1.87. The first kappa shape index (κ1) is 15.2. The van der Waals surface area contributed by atoms with E-state index in [1.54, 1.807) is 23.1 Å². The Morgan fingerprint density at radius 2 is 1.80 bits per heavy atom. The molecule has 2 nitrogen and oxygen atoms in total. The summed E-state index contributed by atoms with van der Waals surface area (Å²) in [4.78, 5) is 14.2. The summed E-state index contributed by atoms with van der Waals surface area (Å²) in [5.74, 6) is -0.444. The summed E-state index contributed by atoms with van der Waals surface area (Å²) in [5.41, 5.74) is 1.24. The van der Waals surface area contributed by atoms with Gasteiger partial charge in [-0.15, -0.1) is 0 Å². The maximum Gasteiger partial charge on any atom is 0.259 e. The van der Waals surface area contributed by atoms with Gasteiger partial charge in [0.1, 0.15) is 5.82 Å². The Kier molecular flexibility index (Phi) is 4.94. The van der Waals surface area contributed by atoms with E-state index in [1.165, 1.54) is 12.1 Å². The molecule has 0 aromatic heterocycles. The van der Waals surface area contributed by atoms with Crippen molar-refractivity contribution in [3.63, 3.8) is 0 Å². The second kappa shape index (κ2) is 6.50. The number of hydrogen-bond acceptors (Lipinski definition) is 1. The highest BCUT2D eigenvalue weighted by atomic mass is 79.9. The van der Waals surface area contributed by atoms with Crippen LogP contribution in [0.4, 0.5) is 10.1 Å². The molecule has 20 heavy (non-hydrogen) atoms. The Morgan fingerprint density at radius 3 is 2.35 bits per heavy atom. The van der Waals surface area contributed by atoms with Crippen LogP contribution in [-0.4, -0.2) is 12.5 Å². The summed E-state index contributed by atoms with van der Waals surface area (Å²) >= 11 is 6.75. The molecule has 0 N–H and O–H groups in total. The molecule has 0 saturated heterocycles. The zero-order chi connectivity index (χ0) is 14.7. The first-order valence-electron chi connectivity index (χ1n) is 6.05. The molecule has 0 unspecified atom stereocenters. The average Bonchev–Trinajstić information content (AvgIpc) is 2.41. The number of benzene rings is 2. The molecule has 0 atom stereocenters. The Morgan fingerprint density at radius 1 is 1.15 bits per heavy atom. The molecule has 2 aromatic rings. The van der Waals surface area contributed by atoms with E-state index in [-0.39, 0.29) is 11.7 Å². The zero-order valence-electron chi connectivity index (χ0n) is 10.7. The smallest absolute Gasteiger partial charge is 0.259 e. The standard InChI is InChI=1S/C15H12Br2FNO/c1-2-19(12-6-4-11(18)5-7-12)15(20)13-8-3-10(16)9-14(13)17/h3-9H,2H2,1H3. The Balaban J connectivity index is 2.36. The Hall–Kier alpha value is -1.20. The highest BCUT2D eigenvalue weighted by molar-refractivity contribution is 9.11. The molecule has 0 heterocycles. The van der Waals surface area contributed by atoms with Gasteiger partial charge >= 0.3 is 0 Å². The van der Waals surface area contributed by atoms with Crippen molar-refractivity contribution in [3.8, 4) is 0 Å². The van der Waals surface area contributed by atoms with E-state index in [2.05, 4.69) is 31.9 Å². The first-order valence-corrected chi connectivity index (χ1v) is 7.64. The third-order valence-electron chi connectivity index (χ3n) is 2.86. The largest absolute Gasteiger partial charge is 0.309 e. The molecule has 5 heteroatoms. The SMILES string of the molecule is CCN(C(=O)c1ccc(Br)cc1Br)c1ccc(F)cc1. The lowest BCUT2D eigenvalue weighted by atomic mass is 10.2. The summed E-state index contributed by atoms with van der Waals surface area (Å²) in [7, 11) is 0. The Bertz CT molecular complexity index is 628. The van der Waals surface area contributed by atoms with Crippen molar-refractivity contribution in [2.24, 2.45) is 0 Å². The predicted octanol–water partition coefficient (Wildman–Crippen LogP) is 5.02. The van der Waals surface area contributed by atoms with Crippen LogP contribution in [0.25, 0.3) is 0 Å². The number of carbonyl (C=O) groups is 1. The lowest BCUT2D eigenvalue weighted by molar-refractivity contribution is 0.0987. The van der Waals surface area contributed by atoms with Crippen molar-refractivity contribution in [2.75, 3.05) is 11.4 Å². The minimum Gasteiger partial charge on any atom is -0.309 e. The van der Waals surface area contributed by atoms with Gasteiger partial charge in [0.2, 0.25) is 0 Å². The van der Waals surface area contributed by atoms with Gasteiger partial charge in [-0.05, 0) is 65.3 Å². The van der Waals surface area contributed by atoms with E-state index in [9.17, 15) is 9.18 Å². The molecule has 1 amide bonds. The molecule has 0 radical (unpaired) electrons. The topological polar surface area (TPSA) is 20.3 Å². The second-order valence-corrected chi connectivity index (χ2v) is 5.92. The van der Waals surface area contributed by atoms with Crippen LogP contribution in [0.1, 0.15) is 17.3 Å². The van der Waals surface area contributed by atoms with Gasteiger partial charge in [0.25, 0.3) is 5.91 Å². The lowest BCUT2D eigenvalue weighted by Crippen LogP contribution is -2.30. The molecular weight excluding hydrogens is 389 g/mol. The van der Waals surface area contributed by atoms with E-state index < -0.39 is 0 Å². The van der Waals surface area contributed by atoms with Crippen LogP contribution in [-0.2, 0) is 0 Å². The van der Waals surface area contributed by atoms with Crippen molar-refractivity contribution in [1.82, 2.24) is 0 Å². The highest BCUT2D eigenvalue weighted by Crippen LogP contribution is 2.25. The molecule has 0 bridgehead atoms. The molecule has 0 aliphatic rings. The van der Waals surface area contributed by atoms with E-state index in [4.69, 9.17) is 0 Å². The second-order valence-electron chi connectivity index (χ2n) is 4.15. The molecule has 104 valence electrons. The third kappa shape index (κ3) is 3.27. The van der Waals surface area contributed by atoms with Gasteiger partial charge in [-0.1, -0.05) is 15.9 Å². The van der Waals surface area contributed by atoms with Crippen LogP contribution in [0.15, 0.2) is 51.4 Å². The quantitative estimate of drug-likeness (QED) is 0.708. The maximum atomic E-state index is 13.0. The van der Waals surface area contributed by atoms with Gasteiger partial charge in [-0.25, -0.2) is 4.39 Å². The van der Waals surface area contributed by atoms with Crippen LogP contribution >= 0.6 is 31.9 Å². The number of nitrogens with zero attached hydrogens (tertiary/aromatic N) is 1. The molecular formula is C15H12Br2FNO. The maximum absolute atomic E-state index is 13.0. The fourth-order valence-corrected chi connectivity index (χ4v) is 3.09. The van der Waals surface area contributed by atoms with Crippen molar-refractivity contribution >= 4 is 43.5 Å². The summed E-state index contributed by atoms with van der Waals surface area (Å²) in [5, 5.41) is 0. The molecule has 0 aliphatic heterocycles. The minimum absolute atomic E-state index is 0.126. The number of halogens is 3. The molecule has 2 aromatic carbocycles. The van der Waals surface area contributed by atoms with Gasteiger partial charge in [-0.2, -0.15) is 0 Å². The van der Waals surface area contributed by atoms with E-state index in [1.807, 2.05) is 19.1 Å². The Labute approximate surface area is 133 Å². The number of rotatable bonds is 3. The number of carbonyl (C=O) groups excluding carboxylic acids is 1. The fraction of sp³-hybridized carbons (Fsp3) is 0.133. The minimum atomic E-state index is -0.318. The van der Waals surface area contributed by atoms with Crippen molar-refractivity contribution < 1.29 is 9.18 Å². The molecule has 2 rings (SSSR count). The van der Waals surface area contributed by atoms with Gasteiger partial charge in [-0.3, -0.25) is 4.79 Å². The highest BCUT2D eigenvalue weighted by Gasteiger charge is 2.18. The van der Waals surface area contributed by atoms with Crippen LogP contribution in [0.3, 0.4) is 0 Å². The van der Waals surface area contributed by atoms with E-state index in [0.29, 0.717) is 17.8 Å². The van der Waals surface area contributed by atoms with E-state index >= 15 is 0 Å². The van der Waals surface area contributed by atoms with Crippen LogP contribution in [0.5, 0.6) is 0 Å². The molecule has 0 fully saturated rings. The number of anilines is 1. The monoisotopic (exact) mass is 399 g/mol. The summed E-state index contributed by atoms with van der Waals surface area (Å²) in [6.45, 7) is 2.39.